The first-order valence-corrected chi connectivity index (χ1v) is 10.1. The Balaban J connectivity index is 0.00000320. The van der Waals surface area contributed by atoms with Crippen molar-refractivity contribution in [3.8, 4) is 11.5 Å². The van der Waals surface area contributed by atoms with Gasteiger partial charge in [-0.05, 0) is 36.6 Å². The topological polar surface area (TPSA) is 58.1 Å². The van der Waals surface area contributed by atoms with E-state index >= 15 is 0 Å². The molecule has 0 aromatic heterocycles. The number of likely N-dealkylation sites (tertiary alicyclic amines) is 1. The lowest BCUT2D eigenvalue weighted by Gasteiger charge is -2.19. The molecule has 0 amide bonds. The maximum Gasteiger partial charge on any atom is 0.191 e. The number of rotatable bonds is 7. The molecule has 1 atom stereocenters. The largest absolute Gasteiger partial charge is 0.497 e. The zero-order chi connectivity index (χ0) is 20.6. The number of ether oxygens (including phenoxy) is 2. The summed E-state index contributed by atoms with van der Waals surface area (Å²) in [7, 11) is 5.19. The van der Waals surface area contributed by atoms with Gasteiger partial charge in [-0.25, -0.2) is 0 Å². The second-order valence-electron chi connectivity index (χ2n) is 7.50. The lowest BCUT2D eigenvalue weighted by Crippen LogP contribution is -2.44. The van der Waals surface area contributed by atoms with Crippen molar-refractivity contribution in [2.24, 2.45) is 4.99 Å². The number of nitrogens with zero attached hydrogens (tertiary/aromatic N) is 2. The van der Waals surface area contributed by atoms with Gasteiger partial charge in [-0.3, -0.25) is 9.89 Å². The van der Waals surface area contributed by atoms with Gasteiger partial charge in [0.15, 0.2) is 5.96 Å². The zero-order valence-corrected chi connectivity index (χ0v) is 20.6. The van der Waals surface area contributed by atoms with Gasteiger partial charge in [-0.1, -0.05) is 29.8 Å². The molecule has 30 heavy (non-hydrogen) atoms. The van der Waals surface area contributed by atoms with Crippen molar-refractivity contribution in [3.63, 3.8) is 0 Å². The highest BCUT2D eigenvalue weighted by atomic mass is 127. The standard InChI is InChI=1S/C23H32N4O2.HI/c1-17-5-7-18(8-6-17)14-25-23(24-2)26-20-9-10-27(16-20)15-19-11-21(28-3)13-22(12-19)29-4;/h5-8,11-13,20H,9-10,14-16H2,1-4H3,(H2,24,25,26);1H. The molecule has 2 aromatic carbocycles. The summed E-state index contributed by atoms with van der Waals surface area (Å²) in [5.74, 6) is 2.50. The van der Waals surface area contributed by atoms with Crippen LogP contribution in [0.1, 0.15) is 23.1 Å². The van der Waals surface area contributed by atoms with Crippen molar-refractivity contribution in [3.05, 3.63) is 59.2 Å². The molecule has 0 spiro atoms. The van der Waals surface area contributed by atoms with Crippen molar-refractivity contribution in [1.82, 2.24) is 15.5 Å². The van der Waals surface area contributed by atoms with E-state index in [0.29, 0.717) is 6.04 Å². The Morgan fingerprint density at radius 1 is 1.07 bits per heavy atom. The van der Waals surface area contributed by atoms with Crippen molar-refractivity contribution in [1.29, 1.82) is 0 Å². The summed E-state index contributed by atoms with van der Waals surface area (Å²) in [6.07, 6.45) is 1.09. The first-order chi connectivity index (χ1) is 14.1. The van der Waals surface area contributed by atoms with Crippen molar-refractivity contribution in [2.75, 3.05) is 34.4 Å². The smallest absolute Gasteiger partial charge is 0.191 e. The van der Waals surface area contributed by atoms with E-state index in [9.17, 15) is 0 Å². The summed E-state index contributed by atoms with van der Waals surface area (Å²) in [5.41, 5.74) is 3.72. The summed E-state index contributed by atoms with van der Waals surface area (Å²) in [5, 5.41) is 6.97. The average Bonchev–Trinajstić information content (AvgIpc) is 3.18. The Labute approximate surface area is 197 Å². The molecule has 0 radical (unpaired) electrons. The lowest BCUT2D eigenvalue weighted by atomic mass is 10.1. The fourth-order valence-electron chi connectivity index (χ4n) is 3.59. The van der Waals surface area contributed by atoms with Crippen LogP contribution in [-0.4, -0.2) is 51.3 Å². The Hall–Kier alpha value is -2.00. The molecule has 0 aliphatic carbocycles. The van der Waals surface area contributed by atoms with Crippen LogP contribution in [0.15, 0.2) is 47.5 Å². The van der Waals surface area contributed by atoms with Gasteiger partial charge in [0.05, 0.1) is 14.2 Å². The molecule has 6 nitrogen and oxygen atoms in total. The summed E-state index contributed by atoms with van der Waals surface area (Å²) in [6, 6.07) is 15.0. The fraction of sp³-hybridized carbons (Fsp3) is 0.435. The maximum atomic E-state index is 5.39. The van der Waals surface area contributed by atoms with E-state index in [1.54, 1.807) is 14.2 Å². The van der Waals surface area contributed by atoms with Crippen LogP contribution in [0.4, 0.5) is 0 Å². The van der Waals surface area contributed by atoms with Gasteiger partial charge in [-0.15, -0.1) is 24.0 Å². The van der Waals surface area contributed by atoms with E-state index in [1.165, 1.54) is 16.7 Å². The average molecular weight is 524 g/mol. The Kier molecular flexibility index (Phi) is 9.71. The summed E-state index contributed by atoms with van der Waals surface area (Å²) in [6.45, 7) is 5.77. The number of aryl methyl sites for hydroxylation is 1. The predicted molar refractivity (Wildman–Crippen MR) is 133 cm³/mol. The molecule has 0 saturated carbocycles. The number of hydrogen-bond donors (Lipinski definition) is 2. The Bertz CT molecular complexity index is 804. The zero-order valence-electron chi connectivity index (χ0n) is 18.3. The van der Waals surface area contributed by atoms with E-state index in [4.69, 9.17) is 9.47 Å². The Morgan fingerprint density at radius 2 is 1.73 bits per heavy atom. The fourth-order valence-corrected chi connectivity index (χ4v) is 3.59. The van der Waals surface area contributed by atoms with Crippen LogP contribution < -0.4 is 20.1 Å². The highest BCUT2D eigenvalue weighted by Gasteiger charge is 2.23. The van der Waals surface area contributed by atoms with Crippen LogP contribution in [0.25, 0.3) is 0 Å². The molecule has 3 rings (SSSR count). The van der Waals surface area contributed by atoms with Crippen LogP contribution in [0.2, 0.25) is 0 Å². The first kappa shape index (κ1) is 24.3. The SMILES string of the molecule is CN=C(NCc1ccc(C)cc1)NC1CCN(Cc2cc(OC)cc(OC)c2)C1.I. The van der Waals surface area contributed by atoms with Gasteiger partial charge < -0.3 is 20.1 Å². The monoisotopic (exact) mass is 524 g/mol. The third-order valence-electron chi connectivity index (χ3n) is 5.23. The first-order valence-electron chi connectivity index (χ1n) is 10.1. The second-order valence-corrected chi connectivity index (χ2v) is 7.50. The number of halogens is 1. The number of benzene rings is 2. The van der Waals surface area contributed by atoms with Crippen LogP contribution in [-0.2, 0) is 13.1 Å². The normalized spacial score (nSPS) is 16.7. The molecule has 2 N–H and O–H groups in total. The number of hydrogen-bond acceptors (Lipinski definition) is 4. The van der Waals surface area contributed by atoms with Crippen LogP contribution in [0, 0.1) is 6.92 Å². The molecule has 1 unspecified atom stereocenters. The highest BCUT2D eigenvalue weighted by molar-refractivity contribution is 14.0. The summed E-state index contributed by atoms with van der Waals surface area (Å²) >= 11 is 0. The van der Waals surface area contributed by atoms with Crippen LogP contribution >= 0.6 is 24.0 Å². The summed E-state index contributed by atoms with van der Waals surface area (Å²) in [4.78, 5) is 6.82. The van der Waals surface area contributed by atoms with E-state index in [2.05, 4.69) is 63.8 Å². The predicted octanol–water partition coefficient (Wildman–Crippen LogP) is 3.57. The highest BCUT2D eigenvalue weighted by Crippen LogP contribution is 2.24. The van der Waals surface area contributed by atoms with Gasteiger partial charge >= 0.3 is 0 Å². The van der Waals surface area contributed by atoms with Gasteiger partial charge in [0.25, 0.3) is 0 Å². The van der Waals surface area contributed by atoms with Gasteiger partial charge in [0.1, 0.15) is 11.5 Å². The van der Waals surface area contributed by atoms with Crippen LogP contribution in [0.3, 0.4) is 0 Å². The van der Waals surface area contributed by atoms with Crippen molar-refractivity contribution in [2.45, 2.75) is 32.5 Å². The minimum absolute atomic E-state index is 0. The molecule has 164 valence electrons. The molecular weight excluding hydrogens is 491 g/mol. The lowest BCUT2D eigenvalue weighted by molar-refractivity contribution is 0.321. The van der Waals surface area contributed by atoms with E-state index in [1.807, 2.05) is 13.1 Å². The summed E-state index contributed by atoms with van der Waals surface area (Å²) < 4.78 is 10.8. The quantitative estimate of drug-likeness (QED) is 0.330. The minimum Gasteiger partial charge on any atom is -0.497 e. The molecule has 1 saturated heterocycles. The number of aliphatic imine (C=N–C) groups is 1. The van der Waals surface area contributed by atoms with E-state index in [-0.39, 0.29) is 24.0 Å². The molecule has 1 aliphatic rings. The van der Waals surface area contributed by atoms with Crippen LogP contribution in [0.5, 0.6) is 11.5 Å². The molecule has 1 fully saturated rings. The molecule has 2 aromatic rings. The number of methoxy groups -OCH3 is 2. The van der Waals surface area contributed by atoms with Gasteiger partial charge in [-0.2, -0.15) is 0 Å². The van der Waals surface area contributed by atoms with Crippen molar-refractivity contribution < 1.29 is 9.47 Å². The van der Waals surface area contributed by atoms with Gasteiger partial charge in [0, 0.05) is 45.3 Å². The number of nitrogens with one attached hydrogen (secondary N) is 2. The molecule has 0 bridgehead atoms. The van der Waals surface area contributed by atoms with Crippen molar-refractivity contribution >= 4 is 29.9 Å². The number of guanidine groups is 1. The maximum absolute atomic E-state index is 5.39. The minimum atomic E-state index is 0. The van der Waals surface area contributed by atoms with Gasteiger partial charge in [0.2, 0.25) is 0 Å². The molecular formula is C23H33IN4O2. The molecule has 1 heterocycles. The third kappa shape index (κ3) is 7.05. The van der Waals surface area contributed by atoms with E-state index < -0.39 is 0 Å². The Morgan fingerprint density at radius 3 is 2.33 bits per heavy atom. The van der Waals surface area contributed by atoms with E-state index in [0.717, 1.165) is 50.1 Å². The second kappa shape index (κ2) is 12.0. The molecule has 1 aliphatic heterocycles. The molecule has 7 heteroatoms. The third-order valence-corrected chi connectivity index (χ3v) is 5.23.